The van der Waals surface area contributed by atoms with Gasteiger partial charge in [0.15, 0.2) is 6.20 Å². The molecule has 0 saturated carbocycles. The predicted molar refractivity (Wildman–Crippen MR) is 76.7 cm³/mol. The molecule has 0 unspecified atom stereocenters. The van der Waals surface area contributed by atoms with Crippen molar-refractivity contribution in [2.24, 2.45) is 0 Å². The fraction of sp³-hybridized carbons (Fsp3) is 0. The molecule has 6 heteroatoms. The second-order valence-electron chi connectivity index (χ2n) is 4.41. The Hall–Kier alpha value is -2.99. The Morgan fingerprint density at radius 2 is 1.95 bits per heavy atom. The number of allylic oxidation sites excluding steroid dienone is 6. The number of hydroxylamine groups is 2. The Labute approximate surface area is 120 Å². The van der Waals surface area contributed by atoms with Crippen molar-refractivity contribution in [1.82, 2.24) is 5.06 Å². The van der Waals surface area contributed by atoms with Gasteiger partial charge in [0.2, 0.25) is 11.9 Å². The van der Waals surface area contributed by atoms with Crippen LogP contribution in [0.25, 0.3) is 5.70 Å². The number of aromatic nitrogens is 1. The van der Waals surface area contributed by atoms with Gasteiger partial charge in [-0.2, -0.15) is 4.73 Å². The summed E-state index contributed by atoms with van der Waals surface area (Å²) in [6, 6.07) is 4.81. The summed E-state index contributed by atoms with van der Waals surface area (Å²) in [7, 11) is 0. The van der Waals surface area contributed by atoms with Gasteiger partial charge in [-0.25, -0.2) is 0 Å². The van der Waals surface area contributed by atoms with Crippen LogP contribution in [0, 0.1) is 15.3 Å². The minimum absolute atomic E-state index is 0.187. The molecule has 0 saturated heterocycles. The van der Waals surface area contributed by atoms with E-state index in [1.165, 1.54) is 24.5 Å². The van der Waals surface area contributed by atoms with Crippen LogP contribution in [0.4, 0.5) is 0 Å². The summed E-state index contributed by atoms with van der Waals surface area (Å²) in [6.07, 6.45) is 12.2. The number of pyridine rings is 1. The van der Waals surface area contributed by atoms with Crippen molar-refractivity contribution in [3.05, 3.63) is 99.5 Å². The molecule has 0 aromatic carbocycles. The normalized spacial score (nSPS) is 20.9. The predicted octanol–water partition coefficient (Wildman–Crippen LogP) is 2.10. The van der Waals surface area contributed by atoms with Crippen LogP contribution in [-0.4, -0.2) is 9.82 Å². The smallest absolute Gasteiger partial charge is 0.285 e. The Morgan fingerprint density at radius 3 is 2.71 bits per heavy atom. The van der Waals surface area contributed by atoms with Gasteiger partial charge in [-0.05, 0) is 24.3 Å². The molecule has 3 rings (SSSR count). The molecule has 2 aliphatic rings. The van der Waals surface area contributed by atoms with Crippen LogP contribution in [0.1, 0.15) is 5.69 Å². The van der Waals surface area contributed by atoms with Crippen molar-refractivity contribution < 1.29 is 9.49 Å². The third-order valence-corrected chi connectivity index (χ3v) is 3.12. The molecule has 0 amide bonds. The molecule has 0 aliphatic carbocycles. The molecule has 21 heavy (non-hydrogen) atoms. The summed E-state index contributed by atoms with van der Waals surface area (Å²) in [5.74, 6) is 0. The van der Waals surface area contributed by atoms with Crippen molar-refractivity contribution in [2.45, 2.75) is 0 Å². The first-order chi connectivity index (χ1) is 10.2. The highest BCUT2D eigenvalue weighted by Crippen LogP contribution is 2.28. The Morgan fingerprint density at radius 1 is 1.10 bits per heavy atom. The van der Waals surface area contributed by atoms with E-state index in [9.17, 15) is 15.3 Å². The van der Waals surface area contributed by atoms with Crippen molar-refractivity contribution in [3.63, 3.8) is 0 Å². The highest BCUT2D eigenvalue weighted by molar-refractivity contribution is 5.66. The lowest BCUT2D eigenvalue weighted by atomic mass is 10.1. The van der Waals surface area contributed by atoms with Crippen LogP contribution in [0.3, 0.4) is 0 Å². The van der Waals surface area contributed by atoms with Crippen molar-refractivity contribution >= 4 is 5.70 Å². The summed E-state index contributed by atoms with van der Waals surface area (Å²) in [4.78, 5) is 11.8. The Bertz CT molecular complexity index is 757. The van der Waals surface area contributed by atoms with Crippen LogP contribution in [0.5, 0.6) is 0 Å². The van der Waals surface area contributed by atoms with Gasteiger partial charge >= 0.3 is 0 Å². The quantitative estimate of drug-likeness (QED) is 0.583. The lowest BCUT2D eigenvalue weighted by Crippen LogP contribution is -2.34. The molecule has 1 aromatic rings. The van der Waals surface area contributed by atoms with Crippen molar-refractivity contribution in [1.29, 1.82) is 0 Å². The van der Waals surface area contributed by atoms with E-state index in [4.69, 9.17) is 0 Å². The topological polar surface area (TPSA) is 73.3 Å². The molecular formula is C15H11N3O3. The maximum atomic E-state index is 12.5. The van der Waals surface area contributed by atoms with Gasteiger partial charge in [-0.3, -0.25) is 0 Å². The zero-order chi connectivity index (χ0) is 14.8. The molecular weight excluding hydrogens is 270 g/mol. The SMILES string of the molecule is O=[N+]1C=CC=CC1=C1C=CC=C(c2cccc[n+]2[O-])N1[O-]. The van der Waals surface area contributed by atoms with Crippen molar-refractivity contribution in [2.75, 3.05) is 0 Å². The zero-order valence-corrected chi connectivity index (χ0v) is 10.9. The first-order valence-electron chi connectivity index (χ1n) is 6.28. The number of nitrogens with zero attached hydrogens (tertiary/aromatic N) is 3. The molecule has 0 fully saturated rings. The van der Waals surface area contributed by atoms with Crippen LogP contribution in [0.15, 0.2) is 78.4 Å². The standard InChI is InChI=1S/C15H11N3O3/c19-16-10-3-1-6-12(16)14-8-5-9-15(18(14)21)13-7-2-4-11-17(13)20/h1-11H. The molecule has 6 nitrogen and oxygen atoms in total. The fourth-order valence-corrected chi connectivity index (χ4v) is 2.13. The van der Waals surface area contributed by atoms with E-state index in [-0.39, 0.29) is 22.8 Å². The van der Waals surface area contributed by atoms with Gasteiger partial charge in [0.05, 0.1) is 4.76 Å². The number of rotatable bonds is 1. The van der Waals surface area contributed by atoms with Crippen molar-refractivity contribution in [3.8, 4) is 0 Å². The average molecular weight is 281 g/mol. The van der Waals surface area contributed by atoms with Gasteiger partial charge in [0.25, 0.3) is 5.70 Å². The van der Waals surface area contributed by atoms with Gasteiger partial charge in [0, 0.05) is 29.2 Å². The molecule has 3 heterocycles. The summed E-state index contributed by atoms with van der Waals surface area (Å²) < 4.78 is 1.23. The molecule has 0 atom stereocenters. The molecule has 2 aliphatic heterocycles. The van der Waals surface area contributed by atoms with E-state index in [0.29, 0.717) is 14.6 Å². The lowest BCUT2D eigenvalue weighted by molar-refractivity contribution is -0.608. The Kier molecular flexibility index (Phi) is 3.21. The van der Waals surface area contributed by atoms with Crippen LogP contribution in [0.2, 0.25) is 0 Å². The summed E-state index contributed by atoms with van der Waals surface area (Å²) in [5.41, 5.74) is 0.823. The maximum Gasteiger partial charge on any atom is 0.285 e. The second-order valence-corrected chi connectivity index (χ2v) is 4.41. The Balaban J connectivity index is 2.06. The van der Waals surface area contributed by atoms with Gasteiger partial charge in [-0.15, -0.1) is 0 Å². The minimum atomic E-state index is 0.187. The average Bonchev–Trinajstić information content (AvgIpc) is 2.49. The highest BCUT2D eigenvalue weighted by Gasteiger charge is 2.25. The fourth-order valence-electron chi connectivity index (χ4n) is 2.13. The van der Waals surface area contributed by atoms with E-state index in [2.05, 4.69) is 0 Å². The zero-order valence-electron chi connectivity index (χ0n) is 10.9. The summed E-state index contributed by atoms with van der Waals surface area (Å²) in [5, 5.41) is 24.9. The van der Waals surface area contributed by atoms with Gasteiger partial charge < -0.3 is 15.5 Å². The van der Waals surface area contributed by atoms with Crippen LogP contribution < -0.4 is 4.73 Å². The minimum Gasteiger partial charge on any atom is -0.753 e. The molecule has 104 valence electrons. The third kappa shape index (κ3) is 2.28. The summed E-state index contributed by atoms with van der Waals surface area (Å²) >= 11 is 0. The second kappa shape index (κ2) is 5.18. The number of hydrogen-bond acceptors (Lipinski definition) is 4. The lowest BCUT2D eigenvalue weighted by Gasteiger charge is -2.33. The van der Waals surface area contributed by atoms with E-state index in [1.54, 1.807) is 42.5 Å². The molecule has 0 bridgehead atoms. The highest BCUT2D eigenvalue weighted by atomic mass is 16.5. The molecule has 0 spiro atoms. The van der Waals surface area contributed by atoms with Gasteiger partial charge in [0.1, 0.15) is 11.4 Å². The van der Waals surface area contributed by atoms with E-state index >= 15 is 0 Å². The first-order valence-corrected chi connectivity index (χ1v) is 6.28. The molecule has 0 radical (unpaired) electrons. The maximum absolute atomic E-state index is 12.5. The monoisotopic (exact) mass is 281 g/mol. The van der Waals surface area contributed by atoms with Crippen LogP contribution in [-0.2, 0) is 0 Å². The molecule has 0 N–H and O–H groups in total. The van der Waals surface area contributed by atoms with Crippen LogP contribution >= 0.6 is 0 Å². The largest absolute Gasteiger partial charge is 0.753 e. The summed E-state index contributed by atoms with van der Waals surface area (Å²) in [6.45, 7) is 0. The van der Waals surface area contributed by atoms with E-state index in [0.717, 1.165) is 0 Å². The van der Waals surface area contributed by atoms with E-state index < -0.39 is 0 Å². The number of nitroso groups, excluding NO2 is 1. The van der Waals surface area contributed by atoms with E-state index in [1.807, 2.05) is 0 Å². The number of hydrogen-bond donors (Lipinski definition) is 0. The third-order valence-electron chi connectivity index (χ3n) is 3.12. The van der Waals surface area contributed by atoms with Gasteiger partial charge in [-0.1, -0.05) is 6.08 Å². The molecule has 1 aromatic heterocycles. The first kappa shape index (κ1) is 13.0.